The van der Waals surface area contributed by atoms with Crippen LogP contribution in [0.25, 0.3) is 21.3 Å². The zero-order valence-corrected chi connectivity index (χ0v) is 19.6. The van der Waals surface area contributed by atoms with Gasteiger partial charge in [-0.05, 0) is 44.0 Å². The number of rotatable bonds is 8. The van der Waals surface area contributed by atoms with Crippen LogP contribution in [0.15, 0.2) is 59.7 Å². The number of aromatic nitrogens is 2. The van der Waals surface area contributed by atoms with Gasteiger partial charge >= 0.3 is 0 Å². The molecule has 2 heterocycles. The SMILES string of the molecule is CCCOc1ccc(C(=O)Nn2cnc3sc(C)c(-c4ccccc4)c3c2=O)cc1OCC. The average molecular weight is 464 g/mol. The molecule has 0 aliphatic heterocycles. The van der Waals surface area contributed by atoms with Crippen LogP contribution >= 0.6 is 11.3 Å². The summed E-state index contributed by atoms with van der Waals surface area (Å²) in [6.07, 6.45) is 2.20. The largest absolute Gasteiger partial charge is 0.490 e. The smallest absolute Gasteiger partial charge is 0.281 e. The van der Waals surface area contributed by atoms with E-state index in [9.17, 15) is 9.59 Å². The standard InChI is InChI=1S/C25H25N3O4S/c1-4-13-32-19-12-11-18(14-20(19)31-5-2)23(29)27-28-15-26-24-22(25(28)30)21(16(3)33-24)17-9-7-6-8-10-17/h6-12,14-15H,4-5,13H2,1-3H3,(H,27,29). The van der Waals surface area contributed by atoms with Crippen LogP contribution in [0.1, 0.15) is 35.5 Å². The van der Waals surface area contributed by atoms with Crippen molar-refractivity contribution in [1.29, 1.82) is 0 Å². The van der Waals surface area contributed by atoms with E-state index in [0.717, 1.165) is 27.1 Å². The Morgan fingerprint density at radius 3 is 2.61 bits per heavy atom. The third kappa shape index (κ3) is 4.61. The molecule has 2 aromatic carbocycles. The van der Waals surface area contributed by atoms with Crippen LogP contribution in [-0.4, -0.2) is 28.8 Å². The quantitative estimate of drug-likeness (QED) is 0.397. The average Bonchev–Trinajstić information content (AvgIpc) is 3.17. The molecule has 1 amide bonds. The number of benzene rings is 2. The maximum Gasteiger partial charge on any atom is 0.281 e. The fraction of sp³-hybridized carbons (Fsp3) is 0.240. The van der Waals surface area contributed by atoms with Crippen molar-refractivity contribution in [1.82, 2.24) is 9.66 Å². The van der Waals surface area contributed by atoms with Gasteiger partial charge in [-0.1, -0.05) is 37.3 Å². The molecule has 4 aromatic rings. The van der Waals surface area contributed by atoms with Gasteiger partial charge in [0.05, 0.1) is 18.6 Å². The molecule has 7 nitrogen and oxygen atoms in total. The van der Waals surface area contributed by atoms with Crippen LogP contribution in [0.3, 0.4) is 0 Å². The van der Waals surface area contributed by atoms with E-state index in [1.165, 1.54) is 17.7 Å². The van der Waals surface area contributed by atoms with Gasteiger partial charge in [0.2, 0.25) is 0 Å². The summed E-state index contributed by atoms with van der Waals surface area (Å²) < 4.78 is 12.5. The predicted molar refractivity (Wildman–Crippen MR) is 131 cm³/mol. The van der Waals surface area contributed by atoms with Crippen LogP contribution in [0.4, 0.5) is 0 Å². The van der Waals surface area contributed by atoms with Gasteiger partial charge in [0.25, 0.3) is 11.5 Å². The molecule has 0 saturated heterocycles. The van der Waals surface area contributed by atoms with Gasteiger partial charge < -0.3 is 9.47 Å². The number of nitrogens with one attached hydrogen (secondary N) is 1. The summed E-state index contributed by atoms with van der Waals surface area (Å²) in [5, 5.41) is 0.491. The van der Waals surface area contributed by atoms with E-state index < -0.39 is 5.91 Å². The molecule has 8 heteroatoms. The summed E-state index contributed by atoms with van der Waals surface area (Å²) >= 11 is 1.46. The van der Waals surface area contributed by atoms with Crippen molar-refractivity contribution in [2.75, 3.05) is 18.6 Å². The van der Waals surface area contributed by atoms with Gasteiger partial charge in [-0.3, -0.25) is 15.0 Å². The van der Waals surface area contributed by atoms with Crippen molar-refractivity contribution in [2.45, 2.75) is 27.2 Å². The van der Waals surface area contributed by atoms with Crippen LogP contribution in [0, 0.1) is 6.92 Å². The first kappa shape index (κ1) is 22.5. The van der Waals surface area contributed by atoms with Crippen molar-refractivity contribution in [3.05, 3.63) is 75.7 Å². The second-order valence-electron chi connectivity index (χ2n) is 7.38. The molecule has 0 bridgehead atoms. The van der Waals surface area contributed by atoms with E-state index in [-0.39, 0.29) is 5.56 Å². The van der Waals surface area contributed by atoms with Crippen LogP contribution in [0.5, 0.6) is 11.5 Å². The number of fused-ring (bicyclic) bond motifs is 1. The lowest BCUT2D eigenvalue weighted by molar-refractivity contribution is 0.101. The minimum Gasteiger partial charge on any atom is -0.490 e. The molecule has 0 aliphatic carbocycles. The van der Waals surface area contributed by atoms with Crippen molar-refractivity contribution >= 4 is 27.5 Å². The highest BCUT2D eigenvalue weighted by Crippen LogP contribution is 2.35. The Morgan fingerprint density at radius 1 is 1.09 bits per heavy atom. The van der Waals surface area contributed by atoms with Gasteiger partial charge in [-0.2, -0.15) is 0 Å². The third-order valence-corrected chi connectivity index (χ3v) is 6.05. The second-order valence-corrected chi connectivity index (χ2v) is 8.59. The fourth-order valence-electron chi connectivity index (χ4n) is 3.56. The first-order valence-electron chi connectivity index (χ1n) is 10.8. The highest BCUT2D eigenvalue weighted by atomic mass is 32.1. The molecule has 1 N–H and O–H groups in total. The van der Waals surface area contributed by atoms with E-state index in [4.69, 9.17) is 9.47 Å². The number of ether oxygens (including phenoxy) is 2. The minimum absolute atomic E-state index is 0.329. The summed E-state index contributed by atoms with van der Waals surface area (Å²) in [5.74, 6) is 0.616. The van der Waals surface area contributed by atoms with E-state index in [1.807, 2.05) is 51.1 Å². The highest BCUT2D eigenvalue weighted by molar-refractivity contribution is 7.19. The number of hydrogen-bond acceptors (Lipinski definition) is 6. The van der Waals surface area contributed by atoms with Gasteiger partial charge in [0.1, 0.15) is 11.2 Å². The van der Waals surface area contributed by atoms with Crippen LogP contribution in [-0.2, 0) is 0 Å². The molecule has 170 valence electrons. The first-order chi connectivity index (χ1) is 16.0. The lowest BCUT2D eigenvalue weighted by Crippen LogP contribution is -2.33. The molecule has 0 radical (unpaired) electrons. The summed E-state index contributed by atoms with van der Waals surface area (Å²) in [6.45, 7) is 6.84. The first-order valence-corrected chi connectivity index (χ1v) is 11.6. The molecule has 0 fully saturated rings. The van der Waals surface area contributed by atoms with Gasteiger partial charge in [0.15, 0.2) is 11.5 Å². The normalized spacial score (nSPS) is 10.9. The van der Waals surface area contributed by atoms with Crippen LogP contribution in [0.2, 0.25) is 0 Å². The Balaban J connectivity index is 1.68. The number of nitrogens with zero attached hydrogens (tertiary/aromatic N) is 2. The van der Waals surface area contributed by atoms with Gasteiger partial charge in [0, 0.05) is 16.0 Å². The number of carbonyl (C=O) groups is 1. The number of amides is 1. The maximum atomic E-state index is 13.3. The molecule has 0 atom stereocenters. The zero-order chi connectivity index (χ0) is 23.4. The summed E-state index contributed by atoms with van der Waals surface area (Å²) in [4.78, 5) is 32.3. The Morgan fingerprint density at radius 2 is 1.88 bits per heavy atom. The Kier molecular flexibility index (Phi) is 6.74. The summed E-state index contributed by atoms with van der Waals surface area (Å²) in [7, 11) is 0. The van der Waals surface area contributed by atoms with E-state index >= 15 is 0 Å². The number of thiophene rings is 1. The second kappa shape index (κ2) is 9.87. The Hall–Kier alpha value is -3.65. The van der Waals surface area contributed by atoms with Gasteiger partial charge in [-0.15, -0.1) is 11.3 Å². The van der Waals surface area contributed by atoms with Crippen molar-refractivity contribution in [3.63, 3.8) is 0 Å². The summed E-state index contributed by atoms with van der Waals surface area (Å²) in [6, 6.07) is 14.7. The molecule has 0 saturated carbocycles. The molecule has 2 aromatic heterocycles. The molecule has 4 rings (SSSR count). The van der Waals surface area contributed by atoms with Crippen molar-refractivity contribution in [2.24, 2.45) is 0 Å². The predicted octanol–water partition coefficient (Wildman–Crippen LogP) is 5.00. The number of carbonyl (C=O) groups excluding carboxylic acids is 1. The van der Waals surface area contributed by atoms with E-state index in [2.05, 4.69) is 10.4 Å². The zero-order valence-electron chi connectivity index (χ0n) is 18.8. The summed E-state index contributed by atoms with van der Waals surface area (Å²) in [5.41, 5.74) is 4.45. The lowest BCUT2D eigenvalue weighted by atomic mass is 10.0. The third-order valence-electron chi connectivity index (χ3n) is 5.04. The monoisotopic (exact) mass is 463 g/mol. The molecule has 0 aliphatic rings. The Labute approximate surface area is 195 Å². The number of aryl methyl sites for hydroxylation is 1. The lowest BCUT2D eigenvalue weighted by Gasteiger charge is -2.13. The van der Waals surface area contributed by atoms with E-state index in [1.54, 1.807) is 18.2 Å². The van der Waals surface area contributed by atoms with E-state index in [0.29, 0.717) is 40.5 Å². The molecule has 0 unspecified atom stereocenters. The molecule has 33 heavy (non-hydrogen) atoms. The Bertz CT molecular complexity index is 1350. The van der Waals surface area contributed by atoms with Gasteiger partial charge in [-0.25, -0.2) is 9.66 Å². The number of hydrogen-bond donors (Lipinski definition) is 1. The highest BCUT2D eigenvalue weighted by Gasteiger charge is 2.18. The molecular weight excluding hydrogens is 438 g/mol. The van der Waals surface area contributed by atoms with Crippen molar-refractivity contribution in [3.8, 4) is 22.6 Å². The minimum atomic E-state index is -0.450. The van der Waals surface area contributed by atoms with Crippen LogP contribution < -0.4 is 20.5 Å². The molecule has 0 spiro atoms. The van der Waals surface area contributed by atoms with Crippen molar-refractivity contribution < 1.29 is 14.3 Å². The molecular formula is C25H25N3O4S. The maximum absolute atomic E-state index is 13.3. The fourth-order valence-corrected chi connectivity index (χ4v) is 4.56. The topological polar surface area (TPSA) is 82.5 Å².